The molecule has 5 aromatic rings. The molecule has 0 spiro atoms. The predicted molar refractivity (Wildman–Crippen MR) is 185 cm³/mol. The van der Waals surface area contributed by atoms with Gasteiger partial charge in [0.25, 0.3) is 26.1 Å². The number of hydrogen-bond donors (Lipinski definition) is 7. The number of aromatic nitrogens is 4. The number of hydrogen-bond acceptors (Lipinski definition) is 19. The molecule has 274 valence electrons. The average Bonchev–Trinajstić information content (AvgIpc) is 3.10. The summed E-state index contributed by atoms with van der Waals surface area (Å²) in [7, 11) is -9.78. The minimum Gasteiger partial charge on any atom is -0.396 e. The molecule has 10 N–H and O–H groups in total. The summed E-state index contributed by atoms with van der Waals surface area (Å²) >= 11 is 6.61. The second-order valence-electron chi connectivity index (χ2n) is 10.0. The van der Waals surface area contributed by atoms with E-state index in [0.29, 0.717) is 12.0 Å². The van der Waals surface area contributed by atoms with Crippen LogP contribution in [-0.2, 0) is 29.6 Å². The lowest BCUT2D eigenvalue weighted by atomic mass is 10.2. The quantitative estimate of drug-likeness (QED) is 0.0163. The van der Waals surface area contributed by atoms with E-state index >= 15 is 0 Å². The van der Waals surface area contributed by atoms with Gasteiger partial charge in [-0.2, -0.15) is 21.8 Å². The van der Waals surface area contributed by atoms with Gasteiger partial charge in [-0.25, -0.2) is 9.82 Å². The molecule has 2 aromatic heterocycles. The molecule has 22 nitrogen and oxygen atoms in total. The highest BCUT2D eigenvalue weighted by molar-refractivity contribution is 7.94. The Labute approximate surface area is 307 Å². The van der Waals surface area contributed by atoms with Crippen molar-refractivity contribution in [2.24, 2.45) is 26.2 Å². The van der Waals surface area contributed by atoms with E-state index in [0.717, 1.165) is 12.1 Å². The van der Waals surface area contributed by atoms with E-state index in [1.165, 1.54) is 65.5 Å². The van der Waals surface area contributed by atoms with Gasteiger partial charge in [-0.3, -0.25) is 13.9 Å². The third-order valence-corrected chi connectivity index (χ3v) is 9.16. The zero-order chi connectivity index (χ0) is 38.5. The fraction of sp³-hybridized carbons (Fsp3) is 0. The zero-order valence-corrected chi connectivity index (χ0v) is 29.2. The third kappa shape index (κ3) is 9.37. The lowest BCUT2D eigenvalue weighted by molar-refractivity contribution is -0.603. The molecule has 0 saturated heterocycles. The summed E-state index contributed by atoms with van der Waals surface area (Å²) in [6.45, 7) is 0. The van der Waals surface area contributed by atoms with Crippen molar-refractivity contribution < 1.29 is 49.9 Å². The molecule has 0 aliphatic carbocycles. The van der Waals surface area contributed by atoms with Gasteiger partial charge in [0.1, 0.15) is 32.5 Å². The molecule has 0 saturated carbocycles. The van der Waals surface area contributed by atoms with Crippen LogP contribution in [0.5, 0.6) is 0 Å². The molecule has 0 fully saturated rings. The Morgan fingerprint density at radius 3 is 2.25 bits per heavy atom. The SMILES string of the molecule is NC(=O)c1ccc[n+](-c2nc(Cl)nc(Nc3ccc(SOOO)c(N=Nc4c(N)c(N=Nc5ccccc5S(=O)(=O)O)cc(S(=O)(=O)O)c4N)c3)n2)c1. The summed E-state index contributed by atoms with van der Waals surface area (Å²) in [6.07, 6.45) is 2.92. The van der Waals surface area contributed by atoms with Gasteiger partial charge in [0, 0.05) is 5.69 Å². The molecule has 5 rings (SSSR count). The highest BCUT2D eigenvalue weighted by Gasteiger charge is 2.24. The predicted octanol–water partition coefficient (Wildman–Crippen LogP) is 4.56. The van der Waals surface area contributed by atoms with E-state index in [1.54, 1.807) is 0 Å². The summed E-state index contributed by atoms with van der Waals surface area (Å²) < 4.78 is 73.4. The fourth-order valence-electron chi connectivity index (χ4n) is 4.22. The number of anilines is 4. The maximum atomic E-state index is 12.2. The molecule has 1 amide bonds. The first-order valence-electron chi connectivity index (χ1n) is 13.9. The average molecular weight is 806 g/mol. The summed E-state index contributed by atoms with van der Waals surface area (Å²) in [6, 6.07) is 13.0. The molecule has 2 heterocycles. The van der Waals surface area contributed by atoms with Crippen LogP contribution in [0.15, 0.2) is 108 Å². The summed E-state index contributed by atoms with van der Waals surface area (Å²) in [5.74, 6) is -0.756. The Balaban J connectivity index is 1.56. The second kappa shape index (κ2) is 15.9. The molecule has 26 heteroatoms. The minimum absolute atomic E-state index is 0.00951. The molecule has 3 aromatic carbocycles. The number of nitrogen functional groups attached to an aromatic ring is 2. The molecular formula is C27H22ClN12O10S3+. The molecular weight excluding hydrogens is 784 g/mol. The molecule has 0 atom stereocenters. The molecule has 0 aliphatic rings. The number of rotatable bonds is 13. The molecule has 0 unspecified atom stereocenters. The number of primary amides is 1. The number of nitrogens with one attached hydrogen (secondary N) is 1. The fourth-order valence-corrected chi connectivity index (χ4v) is 6.04. The van der Waals surface area contributed by atoms with Gasteiger partial charge >= 0.3 is 17.2 Å². The van der Waals surface area contributed by atoms with Crippen LogP contribution in [0.1, 0.15) is 10.4 Å². The number of pyridine rings is 1. The Morgan fingerprint density at radius 2 is 1.55 bits per heavy atom. The highest BCUT2D eigenvalue weighted by Crippen LogP contribution is 2.44. The number of nitrogens with zero attached hydrogens (tertiary/aromatic N) is 8. The minimum atomic E-state index is -5.04. The van der Waals surface area contributed by atoms with Crippen molar-refractivity contribution in [3.63, 3.8) is 0 Å². The summed E-state index contributed by atoms with van der Waals surface area (Å²) in [4.78, 5) is 22.7. The molecule has 0 bridgehead atoms. The van der Waals surface area contributed by atoms with E-state index < -0.39 is 58.7 Å². The van der Waals surface area contributed by atoms with E-state index in [2.05, 4.69) is 50.1 Å². The Morgan fingerprint density at radius 1 is 0.849 bits per heavy atom. The molecule has 0 radical (unpaired) electrons. The van der Waals surface area contributed by atoms with Gasteiger partial charge in [-0.15, -0.1) is 24.8 Å². The highest BCUT2D eigenvalue weighted by atomic mass is 35.5. The summed E-state index contributed by atoms with van der Waals surface area (Å²) in [5.41, 5.74) is 15.6. The van der Waals surface area contributed by atoms with Gasteiger partial charge < -0.3 is 22.5 Å². The first kappa shape index (κ1) is 38.5. The van der Waals surface area contributed by atoms with Crippen molar-refractivity contribution in [2.75, 3.05) is 16.8 Å². The van der Waals surface area contributed by atoms with Crippen LogP contribution in [0.4, 0.5) is 45.8 Å². The largest absolute Gasteiger partial charge is 0.444 e. The number of amides is 1. The van der Waals surface area contributed by atoms with Crippen LogP contribution in [0.25, 0.3) is 5.95 Å². The van der Waals surface area contributed by atoms with E-state index in [9.17, 15) is 30.7 Å². The molecule has 0 aliphatic heterocycles. The number of nitrogens with two attached hydrogens (primary N) is 3. The van der Waals surface area contributed by atoms with Crippen molar-refractivity contribution in [1.29, 1.82) is 0 Å². The van der Waals surface area contributed by atoms with E-state index in [1.807, 2.05) is 0 Å². The lowest BCUT2D eigenvalue weighted by Gasteiger charge is -2.11. The second-order valence-corrected chi connectivity index (χ2v) is 13.9. The molecule has 53 heavy (non-hydrogen) atoms. The van der Waals surface area contributed by atoms with Crippen LogP contribution in [0.2, 0.25) is 5.28 Å². The number of carbonyl (C=O) groups excluding carboxylic acids is 1. The van der Waals surface area contributed by atoms with Gasteiger partial charge in [0.15, 0.2) is 0 Å². The van der Waals surface area contributed by atoms with Gasteiger partial charge in [0.05, 0.1) is 46.3 Å². The first-order chi connectivity index (χ1) is 25.0. The summed E-state index contributed by atoms with van der Waals surface area (Å²) in [5, 5.41) is 30.7. The van der Waals surface area contributed by atoms with Gasteiger partial charge in [0.2, 0.25) is 0 Å². The van der Waals surface area contributed by atoms with Crippen LogP contribution in [0, 0.1) is 0 Å². The normalized spacial score (nSPS) is 12.1. The Bertz CT molecular complexity index is 2530. The smallest absolute Gasteiger partial charge is 0.396 e. The maximum Gasteiger partial charge on any atom is 0.444 e. The van der Waals surface area contributed by atoms with Gasteiger partial charge in [-0.05, 0) is 70.1 Å². The number of carbonyl (C=O) groups is 1. The van der Waals surface area contributed by atoms with Crippen LogP contribution < -0.4 is 27.1 Å². The van der Waals surface area contributed by atoms with Gasteiger partial charge in [-0.1, -0.05) is 17.2 Å². The topological polar surface area (TPSA) is 347 Å². The van der Waals surface area contributed by atoms with E-state index in [4.69, 9.17) is 34.1 Å². The van der Waals surface area contributed by atoms with Crippen LogP contribution in [0.3, 0.4) is 0 Å². The monoisotopic (exact) mass is 805 g/mol. The number of azo groups is 2. The number of halogens is 1. The maximum absolute atomic E-state index is 12.2. The van der Waals surface area contributed by atoms with Crippen molar-refractivity contribution in [3.8, 4) is 5.95 Å². The Kier molecular flexibility index (Phi) is 11.5. The van der Waals surface area contributed by atoms with Crippen LogP contribution in [-0.4, -0.2) is 52.1 Å². The van der Waals surface area contributed by atoms with Crippen molar-refractivity contribution in [2.45, 2.75) is 14.7 Å². The Hall–Kier alpha value is -5.77. The zero-order valence-electron chi connectivity index (χ0n) is 26.0. The lowest BCUT2D eigenvalue weighted by Crippen LogP contribution is -2.34. The van der Waals surface area contributed by atoms with Crippen molar-refractivity contribution in [3.05, 3.63) is 83.9 Å². The van der Waals surface area contributed by atoms with Crippen molar-refractivity contribution in [1.82, 2.24) is 15.0 Å². The first-order valence-corrected chi connectivity index (χ1v) is 17.9. The third-order valence-electron chi connectivity index (χ3n) is 6.55. The van der Waals surface area contributed by atoms with Crippen LogP contribution >= 0.6 is 23.6 Å². The number of benzene rings is 3. The standard InChI is InChI=1S/C27H21ClN12O10S3/c28-25-33-26(35-27(34-25)40-9-3-4-13(12-40)24(31)41)32-14-7-8-18(51-50-49-42)16(10-14)37-39-23-21(29)17(11-20(22(23)30)53(46,47)48)38-36-15-5-1-2-6-19(15)52(43,44)45/h1-12H,29-30H2,(H5-,31,32,33,34,35,41,42,43,44,45,46,47,48)/p+1. The van der Waals surface area contributed by atoms with E-state index in [-0.39, 0.29) is 44.7 Å². The van der Waals surface area contributed by atoms with Crippen molar-refractivity contribution >= 4 is 95.5 Å².